The summed E-state index contributed by atoms with van der Waals surface area (Å²) in [5.74, 6) is -7.14. The standard InChI is InChI=1S/C26H40Cl4N5O10PS/c27-8-12-33(13-9-28)46(42,34(14-10-29)15-11-30)45-16-17-47(43,44)18-21(32)24(37)35(22(36)7-6-20(31)25(38)39)23(26(40)41)19-4-2-1-3-5-19/h1-5,20-21,23H,6-18,31-32H2,(H,38,39)(H,40,41). The molecule has 1 aromatic carbocycles. The van der Waals surface area contributed by atoms with Gasteiger partial charge < -0.3 is 26.2 Å². The zero-order valence-electron chi connectivity index (χ0n) is 25.3. The number of imide groups is 1. The molecule has 0 aromatic heterocycles. The fraction of sp³-hybridized carbons (Fsp3) is 0.615. The first-order valence-corrected chi connectivity index (χ1v) is 19.7. The van der Waals surface area contributed by atoms with Gasteiger partial charge in [0.1, 0.15) is 6.04 Å². The summed E-state index contributed by atoms with van der Waals surface area (Å²) in [5, 5.41) is 19.1. The highest BCUT2D eigenvalue weighted by molar-refractivity contribution is 7.91. The third-order valence-electron chi connectivity index (χ3n) is 6.59. The first kappa shape index (κ1) is 43.5. The Labute approximate surface area is 293 Å². The number of hydrogen-bond acceptors (Lipinski definition) is 10. The Balaban J connectivity index is 3.28. The van der Waals surface area contributed by atoms with Crippen LogP contribution >= 0.6 is 54.1 Å². The lowest BCUT2D eigenvalue weighted by molar-refractivity contribution is -0.159. The van der Waals surface area contributed by atoms with Gasteiger partial charge in [0.25, 0.3) is 0 Å². The Morgan fingerprint density at radius 3 is 1.74 bits per heavy atom. The van der Waals surface area contributed by atoms with Gasteiger partial charge in [-0.25, -0.2) is 22.6 Å². The summed E-state index contributed by atoms with van der Waals surface area (Å²) in [7, 11) is -8.23. The summed E-state index contributed by atoms with van der Waals surface area (Å²) in [6.07, 6.45) is -1.10. The molecule has 0 aliphatic carbocycles. The first-order valence-electron chi connectivity index (χ1n) is 14.2. The van der Waals surface area contributed by atoms with Crippen LogP contribution in [0.5, 0.6) is 0 Å². The molecule has 2 amide bonds. The van der Waals surface area contributed by atoms with Crippen LogP contribution in [-0.2, 0) is 38.1 Å². The van der Waals surface area contributed by atoms with E-state index in [9.17, 15) is 37.3 Å². The van der Waals surface area contributed by atoms with E-state index in [0.29, 0.717) is 4.90 Å². The highest BCUT2D eigenvalue weighted by Crippen LogP contribution is 2.54. The molecule has 0 bridgehead atoms. The number of benzene rings is 1. The van der Waals surface area contributed by atoms with Gasteiger partial charge >= 0.3 is 19.6 Å². The second kappa shape index (κ2) is 21.5. The van der Waals surface area contributed by atoms with Crippen molar-refractivity contribution in [2.75, 3.05) is 67.8 Å². The molecular weight excluding hydrogens is 747 g/mol. The SMILES string of the molecule is NC(CCC(=O)N(C(=O)C(N)CS(=O)(=O)CCOP(=O)(N(CCCl)CCCl)N(CCCl)CCCl)C(C(=O)O)c1ccccc1)C(=O)O. The third-order valence-corrected chi connectivity index (χ3v) is 11.7. The molecule has 3 unspecified atom stereocenters. The van der Waals surface area contributed by atoms with Gasteiger partial charge in [0, 0.05) is 56.1 Å². The average Bonchev–Trinajstić information content (AvgIpc) is 3.01. The molecule has 0 spiro atoms. The van der Waals surface area contributed by atoms with Crippen molar-refractivity contribution in [3.05, 3.63) is 35.9 Å². The van der Waals surface area contributed by atoms with E-state index in [1.165, 1.54) is 33.6 Å². The maximum Gasteiger partial charge on any atom is 0.346 e. The van der Waals surface area contributed by atoms with Crippen molar-refractivity contribution in [3.63, 3.8) is 0 Å². The number of nitrogens with two attached hydrogens (primary N) is 2. The van der Waals surface area contributed by atoms with Gasteiger partial charge in [-0.2, -0.15) is 0 Å². The molecule has 0 radical (unpaired) electrons. The molecule has 268 valence electrons. The molecule has 0 aliphatic rings. The molecule has 15 nitrogen and oxygen atoms in total. The lowest BCUT2D eigenvalue weighted by Crippen LogP contribution is -2.53. The number of sulfone groups is 1. The topological polar surface area (TPSA) is 231 Å². The van der Waals surface area contributed by atoms with Crippen LogP contribution < -0.4 is 11.5 Å². The van der Waals surface area contributed by atoms with Crippen molar-refractivity contribution in [1.82, 2.24) is 14.2 Å². The summed E-state index contributed by atoms with van der Waals surface area (Å²) < 4.78 is 48.8. The minimum Gasteiger partial charge on any atom is -0.480 e. The quantitative estimate of drug-likeness (QED) is 0.0865. The van der Waals surface area contributed by atoms with E-state index in [1.807, 2.05) is 0 Å². The number of alkyl halides is 4. The zero-order chi connectivity index (χ0) is 35.8. The number of carbonyl (C=O) groups is 4. The van der Waals surface area contributed by atoms with Crippen LogP contribution in [0.2, 0.25) is 0 Å². The maximum atomic E-state index is 14.2. The van der Waals surface area contributed by atoms with Crippen molar-refractivity contribution in [1.29, 1.82) is 0 Å². The number of carboxylic acids is 2. The molecule has 1 aromatic rings. The van der Waals surface area contributed by atoms with Crippen molar-refractivity contribution < 1.29 is 46.9 Å². The lowest BCUT2D eigenvalue weighted by Gasteiger charge is -2.37. The monoisotopic (exact) mass is 785 g/mol. The molecule has 0 fully saturated rings. The van der Waals surface area contributed by atoms with E-state index in [0.717, 1.165) is 0 Å². The van der Waals surface area contributed by atoms with Crippen LogP contribution in [0, 0.1) is 0 Å². The number of hydrogen-bond donors (Lipinski definition) is 4. The minimum absolute atomic E-state index is 0.000310. The Bertz CT molecular complexity index is 1300. The predicted molar refractivity (Wildman–Crippen MR) is 180 cm³/mol. The van der Waals surface area contributed by atoms with Gasteiger partial charge in [-0.3, -0.25) is 23.8 Å². The molecule has 0 heterocycles. The summed E-state index contributed by atoms with van der Waals surface area (Å²) in [5.41, 5.74) is 11.4. The van der Waals surface area contributed by atoms with Gasteiger partial charge in [0.05, 0.1) is 24.2 Å². The fourth-order valence-corrected chi connectivity index (χ4v) is 9.34. The average molecular weight is 787 g/mol. The molecule has 6 N–H and O–H groups in total. The summed E-state index contributed by atoms with van der Waals surface area (Å²) in [6, 6.07) is 1.83. The Morgan fingerprint density at radius 1 is 0.830 bits per heavy atom. The lowest BCUT2D eigenvalue weighted by atomic mass is 10.0. The molecular formula is C26H40Cl4N5O10PS. The molecule has 1 rings (SSSR count). The van der Waals surface area contributed by atoms with Gasteiger partial charge in [0.15, 0.2) is 15.9 Å². The van der Waals surface area contributed by atoms with Crippen LogP contribution in [0.1, 0.15) is 24.4 Å². The highest BCUT2D eigenvalue weighted by atomic mass is 35.5. The number of rotatable bonds is 24. The summed E-state index contributed by atoms with van der Waals surface area (Å²) >= 11 is 23.6. The summed E-state index contributed by atoms with van der Waals surface area (Å²) in [4.78, 5) is 50.5. The van der Waals surface area contributed by atoms with E-state index >= 15 is 0 Å². The third kappa shape index (κ3) is 13.7. The Hall–Kier alpha value is -1.56. The molecule has 3 atom stereocenters. The van der Waals surface area contributed by atoms with Crippen molar-refractivity contribution >= 4 is 87.7 Å². The van der Waals surface area contributed by atoms with Gasteiger partial charge in [-0.05, 0) is 12.0 Å². The molecule has 0 saturated carbocycles. The summed E-state index contributed by atoms with van der Waals surface area (Å²) in [6.45, 7) is -0.323. The Morgan fingerprint density at radius 2 is 1.32 bits per heavy atom. The normalized spacial score (nSPS) is 14.1. The van der Waals surface area contributed by atoms with E-state index in [1.54, 1.807) is 6.07 Å². The molecule has 47 heavy (non-hydrogen) atoms. The fourth-order valence-electron chi connectivity index (χ4n) is 4.31. The van der Waals surface area contributed by atoms with Crippen LogP contribution in [-0.4, -0.2) is 137 Å². The molecule has 0 aliphatic heterocycles. The minimum atomic E-state index is -4.27. The zero-order valence-corrected chi connectivity index (χ0v) is 30.1. The largest absolute Gasteiger partial charge is 0.480 e. The van der Waals surface area contributed by atoms with Crippen LogP contribution in [0.4, 0.5) is 0 Å². The van der Waals surface area contributed by atoms with Gasteiger partial charge in [0.2, 0.25) is 11.8 Å². The number of carbonyl (C=O) groups excluding carboxylic acids is 2. The van der Waals surface area contributed by atoms with E-state index < -0.39 is 90.3 Å². The Kier molecular flexibility index (Phi) is 19.9. The molecule has 0 saturated heterocycles. The van der Waals surface area contributed by atoms with Crippen molar-refractivity contribution in [2.45, 2.75) is 31.0 Å². The van der Waals surface area contributed by atoms with Gasteiger partial charge in [-0.15, -0.1) is 46.4 Å². The number of carboxylic acid groups (broad SMARTS) is 2. The second-order valence-electron chi connectivity index (χ2n) is 9.94. The molecule has 21 heteroatoms. The van der Waals surface area contributed by atoms with Crippen molar-refractivity contribution in [2.24, 2.45) is 11.5 Å². The smallest absolute Gasteiger partial charge is 0.346 e. The van der Waals surface area contributed by atoms with Crippen LogP contribution in [0.25, 0.3) is 0 Å². The van der Waals surface area contributed by atoms with Gasteiger partial charge in [-0.1, -0.05) is 30.3 Å². The van der Waals surface area contributed by atoms with E-state index in [-0.39, 0.29) is 55.3 Å². The first-order chi connectivity index (χ1) is 22.1. The highest BCUT2D eigenvalue weighted by Gasteiger charge is 2.41. The maximum absolute atomic E-state index is 14.2. The van der Waals surface area contributed by atoms with Crippen LogP contribution in [0.15, 0.2) is 30.3 Å². The number of aliphatic carboxylic acids is 2. The van der Waals surface area contributed by atoms with Crippen molar-refractivity contribution in [3.8, 4) is 0 Å². The second-order valence-corrected chi connectivity index (χ2v) is 16.1. The number of nitrogens with zero attached hydrogens (tertiary/aromatic N) is 3. The number of amides is 2. The van der Waals surface area contributed by atoms with E-state index in [4.69, 9.17) is 67.5 Å². The van der Waals surface area contributed by atoms with Crippen LogP contribution in [0.3, 0.4) is 0 Å². The predicted octanol–water partition coefficient (Wildman–Crippen LogP) is 1.79. The van der Waals surface area contributed by atoms with E-state index in [2.05, 4.69) is 0 Å². The number of halogens is 4.